The van der Waals surface area contributed by atoms with Crippen molar-refractivity contribution in [3.63, 3.8) is 0 Å². The first-order valence-corrected chi connectivity index (χ1v) is 7.19. The fraction of sp³-hybridized carbons (Fsp3) is 0.500. The van der Waals surface area contributed by atoms with Crippen molar-refractivity contribution in [1.82, 2.24) is 15.3 Å². The van der Waals surface area contributed by atoms with Crippen LogP contribution in [0.25, 0.3) is 11.0 Å². The molecule has 0 aliphatic carbocycles. The van der Waals surface area contributed by atoms with Crippen molar-refractivity contribution in [3.8, 4) is 0 Å². The van der Waals surface area contributed by atoms with Gasteiger partial charge in [0.25, 0.3) is 0 Å². The van der Waals surface area contributed by atoms with E-state index < -0.39 is 0 Å². The number of carbonyl (C=O) groups excluding carboxylic acids is 1. The first-order chi connectivity index (χ1) is 9.49. The van der Waals surface area contributed by atoms with Gasteiger partial charge in [-0.2, -0.15) is 0 Å². The van der Waals surface area contributed by atoms with Crippen molar-refractivity contribution in [2.45, 2.75) is 46.2 Å². The highest BCUT2D eigenvalue weighted by molar-refractivity contribution is 5.87. The molecule has 1 atom stereocenters. The zero-order chi connectivity index (χ0) is 14.7. The minimum absolute atomic E-state index is 0.0366. The molecule has 0 unspecified atom stereocenters. The second kappa shape index (κ2) is 6.18. The zero-order valence-corrected chi connectivity index (χ0v) is 12.6. The van der Waals surface area contributed by atoms with Crippen LogP contribution in [-0.4, -0.2) is 27.8 Å². The van der Waals surface area contributed by atoms with Crippen LogP contribution in [-0.2, 0) is 11.2 Å². The fourth-order valence-electron chi connectivity index (χ4n) is 2.45. The van der Waals surface area contributed by atoms with Crippen molar-refractivity contribution in [2.75, 3.05) is 0 Å². The number of nitrogens with zero attached hydrogens (tertiary/aromatic N) is 1. The van der Waals surface area contributed by atoms with Crippen molar-refractivity contribution < 1.29 is 4.79 Å². The predicted octanol–water partition coefficient (Wildman–Crippen LogP) is 2.70. The lowest BCUT2D eigenvalue weighted by Crippen LogP contribution is -2.44. The molecular formula is C16H23N3O. The lowest BCUT2D eigenvalue weighted by Gasteiger charge is -2.21. The maximum Gasteiger partial charge on any atom is 0.152 e. The number of H-pyrrole nitrogens is 1. The highest BCUT2D eigenvalue weighted by Gasteiger charge is 2.23. The number of ketones is 1. The van der Waals surface area contributed by atoms with E-state index in [1.54, 1.807) is 6.20 Å². The molecule has 0 saturated heterocycles. The molecule has 4 nitrogen and oxygen atoms in total. The quantitative estimate of drug-likeness (QED) is 0.850. The third kappa shape index (κ3) is 3.25. The molecule has 2 rings (SSSR count). The van der Waals surface area contributed by atoms with Gasteiger partial charge in [0.15, 0.2) is 5.78 Å². The number of aromatic nitrogens is 2. The number of pyridine rings is 1. The Bertz CT molecular complexity index is 586. The van der Waals surface area contributed by atoms with Crippen molar-refractivity contribution in [1.29, 1.82) is 0 Å². The number of fused-ring (bicyclic) bond motifs is 1. The first kappa shape index (κ1) is 14.7. The van der Waals surface area contributed by atoms with E-state index in [1.807, 2.05) is 32.2 Å². The highest BCUT2D eigenvalue weighted by Crippen LogP contribution is 2.18. The Balaban J connectivity index is 2.25. The van der Waals surface area contributed by atoms with Gasteiger partial charge in [-0.05, 0) is 24.1 Å². The Labute approximate surface area is 120 Å². The number of hydrogen-bond acceptors (Lipinski definition) is 3. The van der Waals surface area contributed by atoms with E-state index in [0.717, 1.165) is 16.6 Å². The van der Waals surface area contributed by atoms with Gasteiger partial charge in [0.1, 0.15) is 5.65 Å². The third-order valence-corrected chi connectivity index (χ3v) is 3.41. The van der Waals surface area contributed by atoms with Crippen molar-refractivity contribution >= 4 is 16.8 Å². The third-order valence-electron chi connectivity index (χ3n) is 3.41. The summed E-state index contributed by atoms with van der Waals surface area (Å²) in [7, 11) is 0. The molecule has 0 saturated carbocycles. The Morgan fingerprint density at radius 1 is 1.35 bits per heavy atom. The van der Waals surface area contributed by atoms with Gasteiger partial charge < -0.3 is 10.3 Å². The van der Waals surface area contributed by atoms with Crippen LogP contribution in [0.2, 0.25) is 0 Å². The topological polar surface area (TPSA) is 57.8 Å². The number of nitrogens with one attached hydrogen (secondary N) is 2. The van der Waals surface area contributed by atoms with Crippen LogP contribution in [0, 0.1) is 5.92 Å². The van der Waals surface area contributed by atoms with Crippen molar-refractivity contribution in [3.05, 3.63) is 30.1 Å². The van der Waals surface area contributed by atoms with Crippen LogP contribution < -0.4 is 5.32 Å². The van der Waals surface area contributed by atoms with E-state index in [4.69, 9.17) is 0 Å². The molecular weight excluding hydrogens is 250 g/mol. The van der Waals surface area contributed by atoms with Gasteiger partial charge in [-0.25, -0.2) is 4.98 Å². The SMILES string of the molecule is CC(C)N[C@@H](Cc1c[nH]c2ncccc12)C(=O)C(C)C. The Morgan fingerprint density at radius 3 is 2.75 bits per heavy atom. The Kier molecular flexibility index (Phi) is 4.55. The standard InChI is InChI=1S/C16H23N3O/c1-10(2)15(20)14(19-11(3)4)8-12-9-18-16-13(12)6-5-7-17-16/h5-7,9-11,14,19H,8H2,1-4H3,(H,17,18)/t14-/m0/s1. The Hall–Kier alpha value is -1.68. The van der Waals surface area contributed by atoms with Gasteiger partial charge in [0.2, 0.25) is 0 Å². The average Bonchev–Trinajstić information content (AvgIpc) is 2.80. The molecule has 0 bridgehead atoms. The van der Waals surface area contributed by atoms with Gasteiger partial charge in [0.05, 0.1) is 6.04 Å². The van der Waals surface area contributed by atoms with Gasteiger partial charge in [-0.15, -0.1) is 0 Å². The molecule has 0 spiro atoms. The number of rotatable bonds is 6. The summed E-state index contributed by atoms with van der Waals surface area (Å²) in [4.78, 5) is 19.8. The van der Waals surface area contributed by atoms with E-state index in [0.29, 0.717) is 6.42 Å². The van der Waals surface area contributed by atoms with Gasteiger partial charge in [-0.1, -0.05) is 27.7 Å². The first-order valence-electron chi connectivity index (χ1n) is 7.19. The summed E-state index contributed by atoms with van der Waals surface area (Å²) in [6.45, 7) is 8.04. The smallest absolute Gasteiger partial charge is 0.152 e. The maximum atomic E-state index is 12.4. The summed E-state index contributed by atoms with van der Waals surface area (Å²) < 4.78 is 0. The van der Waals surface area contributed by atoms with E-state index >= 15 is 0 Å². The van der Waals surface area contributed by atoms with Crippen LogP contribution in [0.5, 0.6) is 0 Å². The molecule has 2 aromatic rings. The van der Waals surface area contributed by atoms with E-state index in [2.05, 4.69) is 29.1 Å². The number of aromatic amines is 1. The molecule has 0 aliphatic heterocycles. The summed E-state index contributed by atoms with van der Waals surface area (Å²) in [5.41, 5.74) is 2.02. The average molecular weight is 273 g/mol. The van der Waals surface area contributed by atoms with Crippen LogP contribution in [0.1, 0.15) is 33.3 Å². The molecule has 20 heavy (non-hydrogen) atoms. The fourth-order valence-corrected chi connectivity index (χ4v) is 2.45. The summed E-state index contributed by atoms with van der Waals surface area (Å²) in [6.07, 6.45) is 4.42. The molecule has 0 aromatic carbocycles. The molecule has 4 heteroatoms. The second-order valence-corrected chi connectivity index (χ2v) is 5.85. The molecule has 2 N–H and O–H groups in total. The molecule has 0 aliphatic rings. The zero-order valence-electron chi connectivity index (χ0n) is 12.6. The highest BCUT2D eigenvalue weighted by atomic mass is 16.1. The molecule has 108 valence electrons. The Morgan fingerprint density at radius 2 is 2.10 bits per heavy atom. The summed E-state index contributed by atoms with van der Waals surface area (Å²) in [5, 5.41) is 4.48. The second-order valence-electron chi connectivity index (χ2n) is 5.85. The van der Waals surface area contributed by atoms with E-state index in [-0.39, 0.29) is 23.8 Å². The predicted molar refractivity (Wildman–Crippen MR) is 81.7 cm³/mol. The molecule has 0 amide bonds. The minimum Gasteiger partial charge on any atom is -0.346 e. The minimum atomic E-state index is -0.144. The van der Waals surface area contributed by atoms with Gasteiger partial charge in [0, 0.05) is 29.7 Å². The number of hydrogen-bond donors (Lipinski definition) is 2. The number of Topliss-reactive ketones (excluding diaryl/α,β-unsaturated/α-hetero) is 1. The van der Waals surface area contributed by atoms with Crippen molar-refractivity contribution in [2.24, 2.45) is 5.92 Å². The van der Waals surface area contributed by atoms with Crippen LogP contribution in [0.4, 0.5) is 0 Å². The largest absolute Gasteiger partial charge is 0.346 e. The summed E-state index contributed by atoms with van der Waals surface area (Å²) in [5.74, 6) is 0.298. The molecule has 2 heterocycles. The van der Waals surface area contributed by atoms with Gasteiger partial charge >= 0.3 is 0 Å². The summed E-state index contributed by atoms with van der Waals surface area (Å²) >= 11 is 0. The maximum absolute atomic E-state index is 12.4. The lowest BCUT2D eigenvalue weighted by molar-refractivity contribution is -0.124. The van der Waals surface area contributed by atoms with Gasteiger partial charge in [-0.3, -0.25) is 4.79 Å². The van der Waals surface area contributed by atoms with E-state index in [9.17, 15) is 4.79 Å². The molecule has 0 fully saturated rings. The normalized spacial score (nSPS) is 13.3. The monoisotopic (exact) mass is 273 g/mol. The van der Waals surface area contributed by atoms with Crippen LogP contribution in [0.3, 0.4) is 0 Å². The van der Waals surface area contributed by atoms with Crippen LogP contribution >= 0.6 is 0 Å². The number of carbonyl (C=O) groups is 1. The lowest BCUT2D eigenvalue weighted by atomic mass is 9.95. The molecule has 2 aromatic heterocycles. The van der Waals surface area contributed by atoms with Crippen LogP contribution in [0.15, 0.2) is 24.5 Å². The summed E-state index contributed by atoms with van der Waals surface area (Å²) in [6, 6.07) is 4.11. The molecule has 0 radical (unpaired) electrons. The van der Waals surface area contributed by atoms with E-state index in [1.165, 1.54) is 0 Å².